The molecule has 0 aliphatic carbocycles. The monoisotopic (exact) mass is 637 g/mol. The van der Waals surface area contributed by atoms with Crippen LogP contribution in [0.4, 0.5) is 5.69 Å². The van der Waals surface area contributed by atoms with Crippen LogP contribution in [0.25, 0.3) is 0 Å². The van der Waals surface area contributed by atoms with Crippen molar-refractivity contribution in [2.24, 2.45) is 0 Å². The fraction of sp³-hybridized carbons (Fsp3) is 0.259. The van der Waals surface area contributed by atoms with Gasteiger partial charge in [-0.15, -0.1) is 0 Å². The summed E-state index contributed by atoms with van der Waals surface area (Å²) in [5, 5.41) is 0.420. The van der Waals surface area contributed by atoms with Crippen molar-refractivity contribution < 1.29 is 23.8 Å². The van der Waals surface area contributed by atoms with Crippen molar-refractivity contribution in [1.29, 1.82) is 0 Å². The van der Waals surface area contributed by atoms with Crippen LogP contribution in [0.5, 0.6) is 17.2 Å². The first kappa shape index (κ1) is 28.0. The van der Waals surface area contributed by atoms with E-state index in [1.54, 1.807) is 50.4 Å². The zero-order valence-electron chi connectivity index (χ0n) is 20.3. The Balaban J connectivity index is 1.98. The highest BCUT2D eigenvalue weighted by atomic mass is 79.9. The Bertz CT molecular complexity index is 1240. The number of nitrogens with zero attached hydrogens (tertiary/aromatic N) is 1. The van der Waals surface area contributed by atoms with Crippen LogP contribution in [0.15, 0.2) is 63.5 Å². The first-order valence-electron chi connectivity index (χ1n) is 11.2. The lowest BCUT2D eigenvalue weighted by Crippen LogP contribution is -2.36. The minimum atomic E-state index is -0.528. The fourth-order valence-corrected chi connectivity index (χ4v) is 5.05. The van der Waals surface area contributed by atoms with Crippen LogP contribution in [0, 0.1) is 0 Å². The van der Waals surface area contributed by atoms with E-state index in [1.807, 2.05) is 18.2 Å². The Morgan fingerprint density at radius 2 is 1.72 bits per heavy atom. The molecule has 190 valence electrons. The molecule has 0 saturated carbocycles. The maximum Gasteiger partial charge on any atom is 0.326 e. The molecule has 3 aromatic carbocycles. The minimum Gasteiger partial charge on any atom is -0.496 e. The number of ether oxygens (including phenoxy) is 3. The Morgan fingerprint density at radius 1 is 1.03 bits per heavy atom. The van der Waals surface area contributed by atoms with E-state index in [9.17, 15) is 9.59 Å². The Morgan fingerprint density at radius 3 is 2.31 bits per heavy atom. The number of hydrogen-bond donors (Lipinski definition) is 0. The molecule has 0 aromatic heterocycles. The molecule has 3 aromatic rings. The standard InChI is InChI=1S/C27H26Br2ClNO5/c1-5-35-25(32)15-31(27(33)17-7-6-8-18(30)11-17)19-12-22(28)26(23(29)13-19)36-20-9-10-24(34-4)21(14-20)16(2)3/h6-14,16H,5,15H2,1-4H3. The van der Waals surface area contributed by atoms with E-state index in [0.29, 0.717) is 36.7 Å². The van der Waals surface area contributed by atoms with E-state index >= 15 is 0 Å². The van der Waals surface area contributed by atoms with E-state index in [4.69, 9.17) is 25.8 Å². The zero-order chi connectivity index (χ0) is 26.4. The maximum absolute atomic E-state index is 13.4. The molecule has 1 amide bonds. The highest BCUT2D eigenvalue weighted by Gasteiger charge is 2.24. The van der Waals surface area contributed by atoms with E-state index in [2.05, 4.69) is 45.7 Å². The number of carbonyl (C=O) groups is 2. The number of halogens is 3. The van der Waals surface area contributed by atoms with Gasteiger partial charge in [-0.2, -0.15) is 0 Å². The van der Waals surface area contributed by atoms with Crippen molar-refractivity contribution in [3.05, 3.63) is 79.7 Å². The molecule has 0 saturated heterocycles. The molecule has 0 bridgehead atoms. The number of anilines is 1. The number of benzene rings is 3. The molecule has 0 fully saturated rings. The Labute approximate surface area is 232 Å². The van der Waals surface area contributed by atoms with Gasteiger partial charge >= 0.3 is 5.97 Å². The van der Waals surface area contributed by atoms with Crippen LogP contribution in [0.2, 0.25) is 5.02 Å². The quantitative estimate of drug-likeness (QED) is 0.222. The smallest absolute Gasteiger partial charge is 0.326 e. The van der Waals surface area contributed by atoms with E-state index in [1.165, 1.54) is 4.90 Å². The predicted molar refractivity (Wildman–Crippen MR) is 149 cm³/mol. The third-order valence-corrected chi connectivity index (χ3v) is 6.66. The molecule has 6 nitrogen and oxygen atoms in total. The summed E-state index contributed by atoms with van der Waals surface area (Å²) >= 11 is 13.2. The second-order valence-electron chi connectivity index (χ2n) is 8.11. The molecule has 0 unspecified atom stereocenters. The summed E-state index contributed by atoms with van der Waals surface area (Å²) in [6.07, 6.45) is 0. The van der Waals surface area contributed by atoms with Gasteiger partial charge in [0.15, 0.2) is 5.75 Å². The van der Waals surface area contributed by atoms with Crippen molar-refractivity contribution >= 4 is 61.0 Å². The van der Waals surface area contributed by atoms with Crippen molar-refractivity contribution in [2.45, 2.75) is 26.7 Å². The van der Waals surface area contributed by atoms with Gasteiger partial charge in [0.1, 0.15) is 18.0 Å². The molecule has 0 aliphatic heterocycles. The second-order valence-corrected chi connectivity index (χ2v) is 10.3. The van der Waals surface area contributed by atoms with E-state index in [0.717, 1.165) is 11.3 Å². The molecule has 0 N–H and O–H groups in total. The lowest BCUT2D eigenvalue weighted by Gasteiger charge is -2.24. The highest BCUT2D eigenvalue weighted by molar-refractivity contribution is 9.11. The number of rotatable bonds is 9. The van der Waals surface area contributed by atoms with Gasteiger partial charge in [-0.1, -0.05) is 31.5 Å². The molecule has 0 aliphatic rings. The summed E-state index contributed by atoms with van der Waals surface area (Å²) < 4.78 is 17.9. The number of carbonyl (C=O) groups excluding carboxylic acids is 2. The Hall–Kier alpha value is -2.55. The molecule has 0 radical (unpaired) electrons. The summed E-state index contributed by atoms with van der Waals surface area (Å²) in [6, 6.07) is 15.6. The first-order valence-corrected chi connectivity index (χ1v) is 13.2. The van der Waals surface area contributed by atoms with Gasteiger partial charge in [0.2, 0.25) is 0 Å². The number of amides is 1. The lowest BCUT2D eigenvalue weighted by atomic mass is 10.0. The number of methoxy groups -OCH3 is 1. The zero-order valence-corrected chi connectivity index (χ0v) is 24.2. The molecule has 0 spiro atoms. The predicted octanol–water partition coefficient (Wildman–Crippen LogP) is 8.00. The molecular formula is C27H26Br2ClNO5. The number of esters is 1. The van der Waals surface area contributed by atoms with Crippen LogP contribution in [0.1, 0.15) is 42.6 Å². The largest absolute Gasteiger partial charge is 0.496 e. The van der Waals surface area contributed by atoms with Crippen molar-refractivity contribution in [2.75, 3.05) is 25.2 Å². The van der Waals surface area contributed by atoms with Gasteiger partial charge in [0.25, 0.3) is 5.91 Å². The summed E-state index contributed by atoms with van der Waals surface area (Å²) in [6.45, 7) is 5.81. The third-order valence-electron chi connectivity index (χ3n) is 5.25. The fourth-order valence-electron chi connectivity index (χ4n) is 3.54. The molecule has 0 atom stereocenters. The Kier molecular flexibility index (Phi) is 9.82. The number of hydrogen-bond acceptors (Lipinski definition) is 5. The van der Waals surface area contributed by atoms with Gasteiger partial charge in [0.05, 0.1) is 22.7 Å². The van der Waals surface area contributed by atoms with Gasteiger partial charge < -0.3 is 14.2 Å². The molecule has 0 heterocycles. The van der Waals surface area contributed by atoms with Crippen LogP contribution in [-0.4, -0.2) is 32.1 Å². The lowest BCUT2D eigenvalue weighted by molar-refractivity contribution is -0.141. The first-order chi connectivity index (χ1) is 17.1. The van der Waals surface area contributed by atoms with Crippen LogP contribution >= 0.6 is 43.5 Å². The van der Waals surface area contributed by atoms with E-state index in [-0.39, 0.29) is 19.1 Å². The minimum absolute atomic E-state index is 0.207. The van der Waals surface area contributed by atoms with Crippen LogP contribution in [0.3, 0.4) is 0 Å². The summed E-state index contributed by atoms with van der Waals surface area (Å²) in [4.78, 5) is 27.1. The average Bonchev–Trinajstić information content (AvgIpc) is 2.84. The van der Waals surface area contributed by atoms with Crippen molar-refractivity contribution in [3.8, 4) is 17.2 Å². The van der Waals surface area contributed by atoms with Gasteiger partial charge in [-0.05, 0) is 93.2 Å². The maximum atomic E-state index is 13.4. The SMILES string of the molecule is CCOC(=O)CN(C(=O)c1cccc(Cl)c1)c1cc(Br)c(Oc2ccc(OC)c(C(C)C)c2)c(Br)c1. The van der Waals surface area contributed by atoms with Gasteiger partial charge in [0, 0.05) is 21.8 Å². The molecular weight excluding hydrogens is 614 g/mol. The highest BCUT2D eigenvalue weighted by Crippen LogP contribution is 2.41. The van der Waals surface area contributed by atoms with Crippen LogP contribution in [-0.2, 0) is 9.53 Å². The third kappa shape index (κ3) is 6.81. The molecule has 36 heavy (non-hydrogen) atoms. The molecule has 3 rings (SSSR count). The summed E-state index contributed by atoms with van der Waals surface area (Å²) in [5.41, 5.74) is 1.84. The van der Waals surface area contributed by atoms with Gasteiger partial charge in [-0.3, -0.25) is 14.5 Å². The average molecular weight is 640 g/mol. The summed E-state index contributed by atoms with van der Waals surface area (Å²) in [7, 11) is 1.64. The normalized spacial score (nSPS) is 10.8. The van der Waals surface area contributed by atoms with Crippen molar-refractivity contribution in [1.82, 2.24) is 0 Å². The topological polar surface area (TPSA) is 65.1 Å². The second kappa shape index (κ2) is 12.6. The molecule has 9 heteroatoms. The van der Waals surface area contributed by atoms with E-state index < -0.39 is 11.9 Å². The van der Waals surface area contributed by atoms with Gasteiger partial charge in [-0.25, -0.2) is 0 Å². The van der Waals surface area contributed by atoms with Crippen LogP contribution < -0.4 is 14.4 Å². The summed E-state index contributed by atoms with van der Waals surface area (Å²) in [5.74, 6) is 1.26. The van der Waals surface area contributed by atoms with Crippen molar-refractivity contribution in [3.63, 3.8) is 0 Å².